The number of benzene rings is 2. The molecule has 4 heteroatoms. The largest absolute Gasteiger partial charge is 0.303 e. The van der Waals surface area contributed by atoms with Crippen molar-refractivity contribution in [3.8, 4) is 6.07 Å². The van der Waals surface area contributed by atoms with E-state index in [1.807, 2.05) is 6.07 Å². The molecule has 0 amide bonds. The molecule has 29 heavy (non-hydrogen) atoms. The van der Waals surface area contributed by atoms with Gasteiger partial charge in [0.25, 0.3) is 0 Å². The van der Waals surface area contributed by atoms with Gasteiger partial charge in [0, 0.05) is 12.6 Å². The number of rotatable bonds is 10. The van der Waals surface area contributed by atoms with E-state index in [0.29, 0.717) is 18.0 Å². The molecule has 1 aliphatic rings. The van der Waals surface area contributed by atoms with Gasteiger partial charge in [-0.25, -0.2) is 8.78 Å². The maximum Gasteiger partial charge on any atom is 0.159 e. The van der Waals surface area contributed by atoms with Gasteiger partial charge in [0.1, 0.15) is 0 Å². The van der Waals surface area contributed by atoms with E-state index in [1.54, 1.807) is 6.07 Å². The molecule has 0 N–H and O–H groups in total. The summed E-state index contributed by atoms with van der Waals surface area (Å²) < 4.78 is 27.3. The Hall–Kier alpha value is -2.25. The predicted octanol–water partition coefficient (Wildman–Crippen LogP) is 5.87. The Morgan fingerprint density at radius 1 is 1.14 bits per heavy atom. The first-order valence-corrected chi connectivity index (χ1v) is 10.6. The van der Waals surface area contributed by atoms with Crippen LogP contribution in [-0.4, -0.2) is 24.5 Å². The molecular weight excluding hydrogens is 366 g/mol. The molecule has 0 bridgehead atoms. The first-order chi connectivity index (χ1) is 14.0. The Morgan fingerprint density at radius 2 is 1.86 bits per heavy atom. The molecule has 0 aliphatic heterocycles. The van der Waals surface area contributed by atoms with E-state index in [2.05, 4.69) is 49.2 Å². The molecule has 3 rings (SSSR count). The van der Waals surface area contributed by atoms with Crippen molar-refractivity contribution in [3.05, 3.63) is 71.3 Å². The SMILES string of the molecule is CCC(CCC(C#N)(c1ccc(F)c(F)c1)C1CC1)N(C)CCc1ccccc1. The standard InChI is InChI=1S/C25H30F2N2/c1-3-22(29(2)16-14-19-7-5-4-6-8-19)13-15-25(18-28,20-9-10-20)21-11-12-23(26)24(27)17-21/h4-8,11-12,17,20,22H,3,9-10,13-16H2,1-2H3. The van der Waals surface area contributed by atoms with Crippen LogP contribution in [0.2, 0.25) is 0 Å². The minimum absolute atomic E-state index is 0.240. The Balaban J connectivity index is 1.69. The maximum atomic E-state index is 13.9. The van der Waals surface area contributed by atoms with Crippen LogP contribution in [-0.2, 0) is 11.8 Å². The second-order valence-corrected chi connectivity index (χ2v) is 8.30. The maximum absolute atomic E-state index is 13.9. The van der Waals surface area contributed by atoms with Crippen molar-refractivity contribution in [1.82, 2.24) is 4.90 Å². The summed E-state index contributed by atoms with van der Waals surface area (Å²) in [6.07, 6.45) is 5.48. The van der Waals surface area contributed by atoms with E-state index in [0.717, 1.165) is 44.7 Å². The summed E-state index contributed by atoms with van der Waals surface area (Å²) in [6, 6.07) is 17.3. The third-order valence-electron chi connectivity index (χ3n) is 6.47. The highest BCUT2D eigenvalue weighted by molar-refractivity contribution is 5.36. The zero-order valence-electron chi connectivity index (χ0n) is 17.4. The monoisotopic (exact) mass is 396 g/mol. The summed E-state index contributed by atoms with van der Waals surface area (Å²) in [5.41, 5.74) is 1.23. The number of hydrogen-bond acceptors (Lipinski definition) is 2. The van der Waals surface area contributed by atoms with Gasteiger partial charge in [-0.15, -0.1) is 0 Å². The van der Waals surface area contributed by atoms with E-state index >= 15 is 0 Å². The molecule has 0 spiro atoms. The molecule has 2 aromatic rings. The molecule has 2 unspecified atom stereocenters. The number of nitriles is 1. The molecule has 2 nitrogen and oxygen atoms in total. The van der Waals surface area contributed by atoms with Crippen molar-refractivity contribution >= 4 is 0 Å². The molecular formula is C25H30F2N2. The molecule has 1 aliphatic carbocycles. The molecule has 2 atom stereocenters. The fourth-order valence-electron chi connectivity index (χ4n) is 4.41. The first-order valence-electron chi connectivity index (χ1n) is 10.6. The summed E-state index contributed by atoms with van der Waals surface area (Å²) in [6.45, 7) is 3.13. The average molecular weight is 397 g/mol. The van der Waals surface area contributed by atoms with Crippen molar-refractivity contribution in [1.29, 1.82) is 5.26 Å². The van der Waals surface area contributed by atoms with Gasteiger partial charge >= 0.3 is 0 Å². The van der Waals surface area contributed by atoms with Crippen LogP contribution in [0, 0.1) is 28.9 Å². The minimum atomic E-state index is -0.866. The summed E-state index contributed by atoms with van der Waals surface area (Å²) in [4.78, 5) is 2.37. The molecule has 0 aromatic heterocycles. The number of nitrogens with zero attached hydrogens (tertiary/aromatic N) is 2. The van der Waals surface area contributed by atoms with Crippen LogP contribution in [0.25, 0.3) is 0 Å². The molecule has 1 saturated carbocycles. The van der Waals surface area contributed by atoms with Crippen LogP contribution in [0.1, 0.15) is 50.2 Å². The Morgan fingerprint density at radius 3 is 2.45 bits per heavy atom. The highest BCUT2D eigenvalue weighted by Crippen LogP contribution is 2.50. The van der Waals surface area contributed by atoms with Gasteiger partial charge in [-0.1, -0.05) is 43.3 Å². The van der Waals surface area contributed by atoms with Crippen molar-refractivity contribution in [3.63, 3.8) is 0 Å². The highest BCUT2D eigenvalue weighted by atomic mass is 19.2. The summed E-state index contributed by atoms with van der Waals surface area (Å²) >= 11 is 0. The number of hydrogen-bond donors (Lipinski definition) is 0. The van der Waals surface area contributed by atoms with Crippen LogP contribution in [0.3, 0.4) is 0 Å². The van der Waals surface area contributed by atoms with Crippen molar-refractivity contribution in [2.45, 2.75) is 56.9 Å². The van der Waals surface area contributed by atoms with Gasteiger partial charge in [0.15, 0.2) is 11.6 Å². The first kappa shape index (κ1) is 21.5. The molecule has 0 heterocycles. The summed E-state index contributed by atoms with van der Waals surface area (Å²) in [7, 11) is 2.14. The van der Waals surface area contributed by atoms with Gasteiger partial charge in [-0.05, 0) is 74.8 Å². The molecule has 154 valence electrons. The van der Waals surface area contributed by atoms with Gasteiger partial charge in [0.05, 0.1) is 11.5 Å². The number of likely N-dealkylation sites (N-methyl/N-ethyl adjacent to an activating group) is 1. The van der Waals surface area contributed by atoms with E-state index in [1.165, 1.54) is 11.6 Å². The summed E-state index contributed by atoms with van der Waals surface area (Å²) in [5.74, 6) is -1.48. The van der Waals surface area contributed by atoms with E-state index < -0.39 is 17.0 Å². The average Bonchev–Trinajstić information content (AvgIpc) is 3.58. The van der Waals surface area contributed by atoms with Gasteiger partial charge in [-0.3, -0.25) is 0 Å². The normalized spacial score (nSPS) is 17.0. The van der Waals surface area contributed by atoms with Crippen molar-refractivity contribution in [2.75, 3.05) is 13.6 Å². The lowest BCUT2D eigenvalue weighted by Crippen LogP contribution is -2.36. The fraction of sp³-hybridized carbons (Fsp3) is 0.480. The fourth-order valence-corrected chi connectivity index (χ4v) is 4.41. The van der Waals surface area contributed by atoms with Crippen LogP contribution in [0.5, 0.6) is 0 Å². The van der Waals surface area contributed by atoms with Crippen molar-refractivity contribution in [2.24, 2.45) is 5.92 Å². The van der Waals surface area contributed by atoms with Crippen LogP contribution in [0.15, 0.2) is 48.5 Å². The zero-order valence-corrected chi connectivity index (χ0v) is 17.4. The second kappa shape index (κ2) is 9.50. The lowest BCUT2D eigenvalue weighted by atomic mass is 9.73. The van der Waals surface area contributed by atoms with Crippen LogP contribution in [0.4, 0.5) is 8.78 Å². The smallest absolute Gasteiger partial charge is 0.159 e. The van der Waals surface area contributed by atoms with Gasteiger partial charge in [0.2, 0.25) is 0 Å². The van der Waals surface area contributed by atoms with Crippen molar-refractivity contribution < 1.29 is 8.78 Å². The molecule has 1 fully saturated rings. The van der Waals surface area contributed by atoms with Crippen LogP contribution >= 0.6 is 0 Å². The zero-order chi connectivity index (χ0) is 20.9. The Kier molecular flexibility index (Phi) is 7.03. The molecule has 2 aromatic carbocycles. The number of halogens is 2. The third kappa shape index (κ3) is 5.03. The lowest BCUT2D eigenvalue weighted by Gasteiger charge is -2.33. The second-order valence-electron chi connectivity index (χ2n) is 8.30. The van der Waals surface area contributed by atoms with E-state index in [-0.39, 0.29) is 5.92 Å². The Bertz CT molecular complexity index is 842. The topological polar surface area (TPSA) is 27.0 Å². The predicted molar refractivity (Wildman–Crippen MR) is 112 cm³/mol. The minimum Gasteiger partial charge on any atom is -0.303 e. The quantitative estimate of drug-likeness (QED) is 0.502. The van der Waals surface area contributed by atoms with E-state index in [9.17, 15) is 14.0 Å². The molecule has 0 radical (unpaired) electrons. The molecule has 0 saturated heterocycles. The summed E-state index contributed by atoms with van der Waals surface area (Å²) in [5, 5.41) is 10.1. The lowest BCUT2D eigenvalue weighted by molar-refractivity contribution is 0.211. The third-order valence-corrected chi connectivity index (χ3v) is 6.47. The Labute approximate surface area is 173 Å². The van der Waals surface area contributed by atoms with E-state index in [4.69, 9.17) is 0 Å². The van der Waals surface area contributed by atoms with Crippen LogP contribution < -0.4 is 0 Å². The van der Waals surface area contributed by atoms with Gasteiger partial charge in [-0.2, -0.15) is 5.26 Å². The van der Waals surface area contributed by atoms with Gasteiger partial charge < -0.3 is 4.90 Å². The highest BCUT2D eigenvalue weighted by Gasteiger charge is 2.47.